The molecule has 1 fully saturated rings. The fourth-order valence-corrected chi connectivity index (χ4v) is 3.19. The highest BCUT2D eigenvalue weighted by Crippen LogP contribution is 2.32. The van der Waals surface area contributed by atoms with Crippen LogP contribution in [0.25, 0.3) is 0 Å². The maximum absolute atomic E-state index is 12.5. The number of halogens is 3. The molecule has 1 aliphatic heterocycles. The molecule has 0 amide bonds. The molecule has 114 valence electrons. The standard InChI is InChI=1S/C11H21F3NO3S/c1-3-4-7-15(8-5-6-10(2)9-15)18-19(16,17)11(12,13)14/h10H,3-9H2,1-2H3/q+1. The Balaban J connectivity index is 2.92. The summed E-state index contributed by atoms with van der Waals surface area (Å²) in [5.41, 5.74) is -5.36. The predicted octanol–water partition coefficient (Wildman–Crippen LogP) is 2.81. The number of hydrogen-bond acceptors (Lipinski definition) is 3. The maximum atomic E-state index is 12.5. The van der Waals surface area contributed by atoms with Gasteiger partial charge < -0.3 is 0 Å². The summed E-state index contributed by atoms with van der Waals surface area (Å²) in [6, 6.07) is 0. The number of quaternary nitrogens is 1. The van der Waals surface area contributed by atoms with Gasteiger partial charge in [0.2, 0.25) is 0 Å². The van der Waals surface area contributed by atoms with Crippen molar-refractivity contribution in [1.82, 2.24) is 0 Å². The molecule has 2 unspecified atom stereocenters. The highest BCUT2D eigenvalue weighted by molar-refractivity contribution is 7.87. The Bertz CT molecular complexity index is 396. The fourth-order valence-electron chi connectivity index (χ4n) is 2.48. The lowest BCUT2D eigenvalue weighted by Crippen LogP contribution is -2.56. The molecule has 0 aromatic carbocycles. The second-order valence-electron chi connectivity index (χ2n) is 5.26. The van der Waals surface area contributed by atoms with Gasteiger partial charge in [0, 0.05) is 5.92 Å². The third-order valence-electron chi connectivity index (χ3n) is 3.37. The molecule has 8 heteroatoms. The van der Waals surface area contributed by atoms with Gasteiger partial charge >= 0.3 is 15.6 Å². The molecule has 0 aromatic heterocycles. The van der Waals surface area contributed by atoms with Crippen LogP contribution in [0.5, 0.6) is 0 Å². The summed E-state index contributed by atoms with van der Waals surface area (Å²) >= 11 is 0. The first-order valence-corrected chi connectivity index (χ1v) is 7.91. The molecule has 19 heavy (non-hydrogen) atoms. The Labute approximate surface area is 112 Å². The van der Waals surface area contributed by atoms with Gasteiger partial charge in [-0.1, -0.05) is 24.6 Å². The highest BCUT2D eigenvalue weighted by atomic mass is 32.2. The molecule has 1 heterocycles. The third-order valence-corrected chi connectivity index (χ3v) is 4.45. The molecule has 0 saturated carbocycles. The summed E-state index contributed by atoms with van der Waals surface area (Å²) in [6.45, 7) is 4.74. The zero-order valence-corrected chi connectivity index (χ0v) is 12.1. The molecule has 0 N–H and O–H groups in total. The first kappa shape index (κ1) is 16.7. The van der Waals surface area contributed by atoms with E-state index in [9.17, 15) is 21.6 Å². The van der Waals surface area contributed by atoms with E-state index in [1.807, 2.05) is 13.8 Å². The average Bonchev–Trinajstić information content (AvgIpc) is 2.24. The SMILES string of the molecule is CCCC[N+]1(OS(=O)(=O)C(F)(F)F)CCCC(C)C1. The number of likely N-dealkylation sites (tertiary alicyclic amines) is 1. The lowest BCUT2D eigenvalue weighted by molar-refractivity contribution is -1.09. The van der Waals surface area contributed by atoms with Crippen molar-refractivity contribution >= 4 is 10.1 Å². The fraction of sp³-hybridized carbons (Fsp3) is 1.00. The number of piperidine rings is 1. The van der Waals surface area contributed by atoms with Crippen molar-refractivity contribution in [2.24, 2.45) is 5.92 Å². The van der Waals surface area contributed by atoms with E-state index in [4.69, 9.17) is 0 Å². The van der Waals surface area contributed by atoms with Crippen molar-refractivity contribution < 1.29 is 30.5 Å². The first-order chi connectivity index (χ1) is 8.62. The molecule has 0 spiro atoms. The van der Waals surface area contributed by atoms with E-state index in [-0.39, 0.29) is 5.92 Å². The van der Waals surface area contributed by atoms with Gasteiger partial charge in [-0.25, -0.2) is 0 Å². The predicted molar refractivity (Wildman–Crippen MR) is 64.2 cm³/mol. The summed E-state index contributed by atoms with van der Waals surface area (Å²) in [5, 5.41) is 0. The number of nitrogens with zero attached hydrogens (tertiary/aromatic N) is 1. The van der Waals surface area contributed by atoms with Crippen molar-refractivity contribution in [2.45, 2.75) is 45.0 Å². The summed E-state index contributed by atoms with van der Waals surface area (Å²) < 4.78 is 64.0. The van der Waals surface area contributed by atoms with E-state index in [1.54, 1.807) is 0 Å². The van der Waals surface area contributed by atoms with Crippen LogP contribution in [0.15, 0.2) is 0 Å². The topological polar surface area (TPSA) is 43.4 Å². The van der Waals surface area contributed by atoms with Gasteiger partial charge in [0.25, 0.3) is 0 Å². The van der Waals surface area contributed by atoms with Gasteiger partial charge in [0.05, 0.1) is 0 Å². The second-order valence-corrected chi connectivity index (χ2v) is 6.78. The number of hydrogen-bond donors (Lipinski definition) is 0. The van der Waals surface area contributed by atoms with Gasteiger partial charge in [-0.05, 0) is 19.3 Å². The summed E-state index contributed by atoms with van der Waals surface area (Å²) in [6.07, 6.45) is 2.99. The molecule has 0 radical (unpaired) electrons. The second kappa shape index (κ2) is 5.97. The van der Waals surface area contributed by atoms with E-state index in [0.717, 1.165) is 12.8 Å². The number of unbranched alkanes of at least 4 members (excludes halogenated alkanes) is 1. The van der Waals surface area contributed by atoms with E-state index in [2.05, 4.69) is 4.28 Å². The normalized spacial score (nSPS) is 29.4. The molecule has 0 bridgehead atoms. The minimum absolute atomic E-state index is 0.161. The van der Waals surface area contributed by atoms with Crippen LogP contribution in [0.4, 0.5) is 13.2 Å². The van der Waals surface area contributed by atoms with Crippen molar-refractivity contribution in [3.05, 3.63) is 0 Å². The van der Waals surface area contributed by atoms with Crippen LogP contribution in [0.3, 0.4) is 0 Å². The third kappa shape index (κ3) is 4.32. The smallest absolute Gasteiger partial charge is 0.185 e. The highest BCUT2D eigenvalue weighted by Gasteiger charge is 2.54. The van der Waals surface area contributed by atoms with E-state index in [1.165, 1.54) is 0 Å². The van der Waals surface area contributed by atoms with Crippen LogP contribution in [-0.2, 0) is 14.4 Å². The molecular weight excluding hydrogens is 283 g/mol. The zero-order chi connectivity index (χ0) is 14.7. The average molecular weight is 304 g/mol. The van der Waals surface area contributed by atoms with Crippen molar-refractivity contribution in [3.63, 3.8) is 0 Å². The largest absolute Gasteiger partial charge is 0.528 e. The Kier molecular flexibility index (Phi) is 5.25. The molecule has 2 atom stereocenters. The van der Waals surface area contributed by atoms with E-state index < -0.39 is 20.3 Å². The Morgan fingerprint density at radius 2 is 2.00 bits per heavy atom. The Morgan fingerprint density at radius 1 is 1.37 bits per heavy atom. The lowest BCUT2D eigenvalue weighted by Gasteiger charge is -2.39. The molecular formula is C11H21F3NO3S+. The van der Waals surface area contributed by atoms with Crippen molar-refractivity contribution in [1.29, 1.82) is 0 Å². The monoisotopic (exact) mass is 304 g/mol. The summed E-state index contributed by atoms with van der Waals surface area (Å²) in [7, 11) is -5.54. The van der Waals surface area contributed by atoms with Crippen LogP contribution in [-0.4, -0.2) is 38.2 Å². The lowest BCUT2D eigenvalue weighted by atomic mass is 9.99. The zero-order valence-electron chi connectivity index (χ0n) is 11.2. The Morgan fingerprint density at radius 3 is 2.47 bits per heavy atom. The summed E-state index contributed by atoms with van der Waals surface area (Å²) in [5.74, 6) is 0.161. The van der Waals surface area contributed by atoms with Gasteiger partial charge in [-0.2, -0.15) is 26.2 Å². The Hall–Kier alpha value is -0.340. The van der Waals surface area contributed by atoms with E-state index >= 15 is 0 Å². The quantitative estimate of drug-likeness (QED) is 0.579. The van der Waals surface area contributed by atoms with Gasteiger partial charge in [-0.3, -0.25) is 0 Å². The van der Waals surface area contributed by atoms with Crippen LogP contribution in [0.2, 0.25) is 0 Å². The number of hydroxylamine groups is 3. The van der Waals surface area contributed by atoms with Gasteiger partial charge in [0.15, 0.2) is 0 Å². The first-order valence-electron chi connectivity index (χ1n) is 6.50. The number of alkyl halides is 3. The molecule has 1 aliphatic rings. The van der Waals surface area contributed by atoms with Crippen LogP contribution in [0, 0.1) is 5.92 Å². The minimum Gasteiger partial charge on any atom is -0.185 e. The molecule has 0 aliphatic carbocycles. The molecule has 0 aromatic rings. The number of rotatable bonds is 5. The van der Waals surface area contributed by atoms with Gasteiger partial charge in [0.1, 0.15) is 19.6 Å². The minimum atomic E-state index is -5.54. The maximum Gasteiger partial charge on any atom is 0.528 e. The van der Waals surface area contributed by atoms with Crippen LogP contribution in [0.1, 0.15) is 39.5 Å². The van der Waals surface area contributed by atoms with Gasteiger partial charge in [-0.15, -0.1) is 0 Å². The summed E-state index contributed by atoms with van der Waals surface area (Å²) in [4.78, 5) is 0. The van der Waals surface area contributed by atoms with Crippen molar-refractivity contribution in [3.8, 4) is 0 Å². The van der Waals surface area contributed by atoms with Crippen molar-refractivity contribution in [2.75, 3.05) is 19.6 Å². The molecule has 1 rings (SSSR count). The van der Waals surface area contributed by atoms with E-state index in [0.29, 0.717) is 32.5 Å². The van der Waals surface area contributed by atoms with Crippen LogP contribution < -0.4 is 0 Å². The molecule has 4 nitrogen and oxygen atoms in total. The molecule has 1 saturated heterocycles. The van der Waals surface area contributed by atoms with Crippen LogP contribution >= 0.6 is 0 Å².